The zero-order chi connectivity index (χ0) is 20.7. The smallest absolute Gasteiger partial charge is 0.206 e. The van der Waals surface area contributed by atoms with Crippen molar-refractivity contribution in [1.82, 2.24) is 9.88 Å². The van der Waals surface area contributed by atoms with Gasteiger partial charge in [-0.25, -0.2) is 4.98 Å². The van der Waals surface area contributed by atoms with E-state index in [1.807, 2.05) is 18.2 Å². The second-order valence-electron chi connectivity index (χ2n) is 8.28. The molecule has 3 fully saturated rings. The second-order valence-corrected chi connectivity index (χ2v) is 8.28. The van der Waals surface area contributed by atoms with E-state index < -0.39 is 6.10 Å². The van der Waals surface area contributed by atoms with Gasteiger partial charge in [-0.15, -0.1) is 6.58 Å². The number of rotatable bonds is 6. The molecule has 5 heteroatoms. The third-order valence-electron chi connectivity index (χ3n) is 6.51. The van der Waals surface area contributed by atoms with Gasteiger partial charge in [0, 0.05) is 18.0 Å². The summed E-state index contributed by atoms with van der Waals surface area (Å²) in [7, 11) is 1.62. The number of hydrogen-bond acceptors (Lipinski definition) is 5. The number of methoxy groups -OCH3 is 1. The molecule has 3 saturated heterocycles. The maximum absolute atomic E-state index is 12.6. The fourth-order valence-electron chi connectivity index (χ4n) is 4.85. The van der Waals surface area contributed by atoms with E-state index in [1.54, 1.807) is 20.1 Å². The molecule has 0 aliphatic carbocycles. The van der Waals surface area contributed by atoms with Crippen LogP contribution < -0.4 is 4.74 Å². The number of Topliss-reactive ketones (excluding diaryl/α,β-unsaturated/α-hetero) is 1. The van der Waals surface area contributed by atoms with Gasteiger partial charge in [-0.3, -0.25) is 9.69 Å². The number of aliphatic hydroxyl groups excluding tert-OH is 1. The molecule has 0 radical (unpaired) electrons. The fraction of sp³-hybridized carbons (Fsp3) is 0.417. The minimum Gasteiger partial charge on any atom is -0.497 e. The lowest BCUT2D eigenvalue weighted by molar-refractivity contribution is -0.0445. The van der Waals surface area contributed by atoms with Gasteiger partial charge in [-0.2, -0.15) is 0 Å². The normalized spacial score (nSPS) is 26.9. The number of hydrogen-bond donors (Lipinski definition) is 1. The summed E-state index contributed by atoms with van der Waals surface area (Å²) in [5.41, 5.74) is 2.15. The average Bonchev–Trinajstić information content (AvgIpc) is 2.76. The summed E-state index contributed by atoms with van der Waals surface area (Å²) in [6, 6.07) is 7.30. The maximum atomic E-state index is 12.6. The first-order chi connectivity index (χ1) is 13.9. The zero-order valence-corrected chi connectivity index (χ0v) is 17.1. The van der Waals surface area contributed by atoms with Gasteiger partial charge >= 0.3 is 0 Å². The standard InChI is InChI=1S/C24H28N2O3/c1-5-15-13-26-9-8-16(15)10-22(26)24(28)19-12-21(23(27)14(2)3)25-20-7-6-17(29-4)11-18(19)20/h5-7,11-12,15-16,22,24,28H,1-2,8-10,13H2,3-4H3/t15-,16?,22-,24+/m0/s1. The molecule has 0 spiro atoms. The van der Waals surface area contributed by atoms with Crippen LogP contribution in [-0.4, -0.2) is 47.0 Å². The van der Waals surface area contributed by atoms with Crippen LogP contribution >= 0.6 is 0 Å². The fourth-order valence-corrected chi connectivity index (χ4v) is 4.85. The number of ether oxygens (including phenoxy) is 1. The topological polar surface area (TPSA) is 62.7 Å². The summed E-state index contributed by atoms with van der Waals surface area (Å²) in [6.07, 6.45) is 3.41. The molecule has 1 aromatic heterocycles. The number of carbonyl (C=O) groups excluding carboxylic acids is 1. The van der Waals surface area contributed by atoms with E-state index in [9.17, 15) is 9.90 Å². The van der Waals surface area contributed by atoms with E-state index in [2.05, 4.69) is 29.1 Å². The molecule has 0 amide bonds. The van der Waals surface area contributed by atoms with Crippen molar-refractivity contribution < 1.29 is 14.6 Å². The Morgan fingerprint density at radius 3 is 2.83 bits per heavy atom. The summed E-state index contributed by atoms with van der Waals surface area (Å²) in [5.74, 6) is 1.54. The molecule has 5 nitrogen and oxygen atoms in total. The molecular weight excluding hydrogens is 364 g/mol. The van der Waals surface area contributed by atoms with Crippen LogP contribution in [0, 0.1) is 11.8 Å². The lowest BCUT2D eigenvalue weighted by Gasteiger charge is -2.50. The molecule has 0 saturated carbocycles. The first kappa shape index (κ1) is 19.8. The summed E-state index contributed by atoms with van der Waals surface area (Å²) in [4.78, 5) is 19.5. The van der Waals surface area contributed by atoms with Crippen LogP contribution in [0.1, 0.15) is 41.9 Å². The van der Waals surface area contributed by atoms with E-state index in [0.717, 1.165) is 36.9 Å². The Labute approximate surface area is 171 Å². The quantitative estimate of drug-likeness (QED) is 0.458. The number of aromatic nitrogens is 1. The predicted octanol–water partition coefficient (Wildman–Crippen LogP) is 3.93. The Morgan fingerprint density at radius 2 is 2.21 bits per heavy atom. The van der Waals surface area contributed by atoms with Gasteiger partial charge < -0.3 is 9.84 Å². The van der Waals surface area contributed by atoms with Crippen LogP contribution in [0.3, 0.4) is 0 Å². The van der Waals surface area contributed by atoms with Gasteiger partial charge in [0.1, 0.15) is 11.4 Å². The van der Waals surface area contributed by atoms with Crippen molar-refractivity contribution in [3.8, 4) is 5.75 Å². The van der Waals surface area contributed by atoms with Crippen LogP contribution in [0.2, 0.25) is 0 Å². The number of allylic oxidation sites excluding steroid dienone is 1. The zero-order valence-electron chi connectivity index (χ0n) is 17.1. The van der Waals surface area contributed by atoms with Crippen molar-refractivity contribution in [3.63, 3.8) is 0 Å². The summed E-state index contributed by atoms with van der Waals surface area (Å²) in [6.45, 7) is 11.3. The summed E-state index contributed by atoms with van der Waals surface area (Å²) >= 11 is 0. The van der Waals surface area contributed by atoms with Gasteiger partial charge in [-0.1, -0.05) is 12.7 Å². The maximum Gasteiger partial charge on any atom is 0.206 e. The number of carbonyl (C=O) groups is 1. The number of pyridine rings is 1. The van der Waals surface area contributed by atoms with Crippen molar-refractivity contribution >= 4 is 16.7 Å². The molecule has 2 bridgehead atoms. The Balaban J connectivity index is 1.79. The van der Waals surface area contributed by atoms with E-state index in [-0.39, 0.29) is 11.8 Å². The monoisotopic (exact) mass is 392 g/mol. The van der Waals surface area contributed by atoms with Crippen molar-refractivity contribution in [3.05, 3.63) is 60.3 Å². The largest absolute Gasteiger partial charge is 0.497 e. The van der Waals surface area contributed by atoms with Crippen LogP contribution in [-0.2, 0) is 0 Å². The highest BCUT2D eigenvalue weighted by Crippen LogP contribution is 2.42. The van der Waals surface area contributed by atoms with Gasteiger partial charge in [0.05, 0.1) is 18.7 Å². The molecule has 4 heterocycles. The Kier molecular flexibility index (Phi) is 5.28. The van der Waals surface area contributed by atoms with Crippen LogP contribution in [0.15, 0.2) is 49.1 Å². The van der Waals surface area contributed by atoms with Crippen LogP contribution in [0.4, 0.5) is 0 Å². The molecule has 2 unspecified atom stereocenters. The van der Waals surface area contributed by atoms with Gasteiger partial charge in [0.25, 0.3) is 0 Å². The van der Waals surface area contributed by atoms with E-state index in [0.29, 0.717) is 34.4 Å². The lowest BCUT2D eigenvalue weighted by Crippen LogP contribution is -2.54. The highest BCUT2D eigenvalue weighted by atomic mass is 16.5. The number of nitrogens with zero attached hydrogens (tertiary/aromatic N) is 2. The molecule has 2 aromatic rings. The first-order valence-corrected chi connectivity index (χ1v) is 10.2. The lowest BCUT2D eigenvalue weighted by atomic mass is 9.73. The van der Waals surface area contributed by atoms with E-state index >= 15 is 0 Å². The number of aliphatic hydroxyl groups is 1. The number of fused-ring (bicyclic) bond motifs is 4. The molecule has 3 aliphatic heterocycles. The highest BCUT2D eigenvalue weighted by Gasteiger charge is 2.42. The Hall–Kier alpha value is -2.50. The second kappa shape index (κ2) is 7.73. The van der Waals surface area contributed by atoms with Crippen LogP contribution in [0.5, 0.6) is 5.75 Å². The Bertz CT molecular complexity index is 983. The molecule has 5 atom stereocenters. The van der Waals surface area contributed by atoms with Crippen LogP contribution in [0.25, 0.3) is 10.9 Å². The van der Waals surface area contributed by atoms with E-state index in [4.69, 9.17) is 4.74 Å². The van der Waals surface area contributed by atoms with Gasteiger partial charge in [0.15, 0.2) is 0 Å². The van der Waals surface area contributed by atoms with E-state index in [1.165, 1.54) is 0 Å². The third-order valence-corrected chi connectivity index (χ3v) is 6.51. The summed E-state index contributed by atoms with van der Waals surface area (Å²) in [5, 5.41) is 12.3. The third kappa shape index (κ3) is 3.49. The molecule has 1 aromatic carbocycles. The summed E-state index contributed by atoms with van der Waals surface area (Å²) < 4.78 is 5.38. The molecule has 152 valence electrons. The molecule has 3 aliphatic rings. The Morgan fingerprint density at radius 1 is 1.41 bits per heavy atom. The van der Waals surface area contributed by atoms with Gasteiger partial charge in [0.2, 0.25) is 5.78 Å². The minimum atomic E-state index is -0.710. The van der Waals surface area contributed by atoms with Crippen molar-refractivity contribution in [2.24, 2.45) is 11.8 Å². The van der Waals surface area contributed by atoms with Crippen molar-refractivity contribution in [2.75, 3.05) is 20.2 Å². The highest BCUT2D eigenvalue weighted by molar-refractivity contribution is 6.08. The van der Waals surface area contributed by atoms with Crippen molar-refractivity contribution in [1.29, 1.82) is 0 Å². The average molecular weight is 392 g/mol. The number of benzene rings is 1. The van der Waals surface area contributed by atoms with Crippen molar-refractivity contribution in [2.45, 2.75) is 31.9 Å². The minimum absolute atomic E-state index is 0.0227. The number of piperidine rings is 3. The molecular formula is C24H28N2O3. The molecule has 1 N–H and O–H groups in total. The number of ketones is 1. The molecule has 5 rings (SSSR count). The predicted molar refractivity (Wildman–Crippen MR) is 114 cm³/mol. The SMILES string of the molecule is C=C[C@H]1CN2CCC1C[C@H]2[C@H](O)c1cc(C(=O)C(=C)C)nc2ccc(OC)cc12. The van der Waals surface area contributed by atoms with Gasteiger partial charge in [-0.05, 0) is 73.5 Å². The molecule has 29 heavy (non-hydrogen) atoms. The first-order valence-electron chi connectivity index (χ1n) is 10.2.